The minimum atomic E-state index is -1.000. The highest BCUT2D eigenvalue weighted by Crippen LogP contribution is 2.40. The molecule has 3 rings (SSSR count). The minimum Gasteiger partial charge on any atom is -0.480 e. The number of rotatable bonds is 5. The zero-order valence-electron chi connectivity index (χ0n) is 12.5. The van der Waals surface area contributed by atoms with Crippen molar-refractivity contribution in [2.75, 3.05) is 5.88 Å². The third-order valence-corrected chi connectivity index (χ3v) is 5.76. The van der Waals surface area contributed by atoms with E-state index in [-0.39, 0.29) is 24.1 Å². The van der Waals surface area contributed by atoms with Gasteiger partial charge in [-0.1, -0.05) is 30.3 Å². The topological polar surface area (TPSA) is 86.7 Å². The Morgan fingerprint density at radius 3 is 2.62 bits per heavy atom. The third-order valence-electron chi connectivity index (χ3n) is 3.90. The molecule has 1 aromatic rings. The number of carbonyl (C=O) groups is 3. The number of aliphatic carboxylic acids is 1. The summed E-state index contributed by atoms with van der Waals surface area (Å²) >= 11 is 6.88. The second-order valence-corrected chi connectivity index (χ2v) is 7.03. The average Bonchev–Trinajstić information content (AvgIpc) is 2.59. The van der Waals surface area contributed by atoms with E-state index in [2.05, 4.69) is 5.32 Å². The van der Waals surface area contributed by atoms with Crippen LogP contribution in [0.2, 0.25) is 0 Å². The number of amides is 2. The van der Waals surface area contributed by atoms with Crippen LogP contribution in [0.15, 0.2) is 42.1 Å². The number of hydrogen-bond donors (Lipinski definition) is 2. The molecule has 2 amide bonds. The molecule has 126 valence electrons. The molecule has 0 saturated carbocycles. The Morgan fingerprint density at radius 2 is 2.00 bits per heavy atom. The number of alkyl halides is 1. The van der Waals surface area contributed by atoms with Crippen molar-refractivity contribution in [1.82, 2.24) is 10.2 Å². The zero-order valence-corrected chi connectivity index (χ0v) is 14.1. The van der Waals surface area contributed by atoms with Gasteiger partial charge in [0, 0.05) is 12.1 Å². The number of halogens is 1. The molecule has 0 aliphatic carbocycles. The molecule has 3 atom stereocenters. The second-order valence-electron chi connectivity index (χ2n) is 5.54. The molecule has 0 aromatic heterocycles. The number of benzene rings is 1. The van der Waals surface area contributed by atoms with Crippen molar-refractivity contribution in [3.05, 3.63) is 47.7 Å². The molecule has 0 radical (unpaired) electrons. The van der Waals surface area contributed by atoms with Crippen LogP contribution in [-0.2, 0) is 20.8 Å². The number of carboxylic acid groups (broad SMARTS) is 1. The number of carbonyl (C=O) groups excluding carboxylic acids is 2. The van der Waals surface area contributed by atoms with Crippen LogP contribution < -0.4 is 5.32 Å². The molecular weight excluding hydrogens is 352 g/mol. The Kier molecular flexibility index (Phi) is 4.82. The number of nitrogens with zero attached hydrogens (tertiary/aromatic N) is 1. The fraction of sp³-hybridized carbons (Fsp3) is 0.312. The smallest absolute Gasteiger partial charge is 0.321 e. The van der Waals surface area contributed by atoms with E-state index in [0.717, 1.165) is 17.3 Å². The molecule has 1 aromatic carbocycles. The number of fused-ring (bicyclic) bond motifs is 1. The fourth-order valence-corrected chi connectivity index (χ4v) is 4.37. The first-order valence-electron chi connectivity index (χ1n) is 7.31. The van der Waals surface area contributed by atoms with Gasteiger partial charge in [0.2, 0.25) is 5.91 Å². The lowest BCUT2D eigenvalue weighted by atomic mass is 10.0. The molecule has 2 aliphatic heterocycles. The van der Waals surface area contributed by atoms with Gasteiger partial charge in [-0.25, -0.2) is 0 Å². The van der Waals surface area contributed by atoms with E-state index >= 15 is 0 Å². The van der Waals surface area contributed by atoms with Crippen molar-refractivity contribution in [1.29, 1.82) is 0 Å². The molecule has 1 saturated heterocycles. The number of thioether (sulfide) groups is 1. The highest BCUT2D eigenvalue weighted by Gasteiger charge is 2.52. The summed E-state index contributed by atoms with van der Waals surface area (Å²) < 4.78 is 0. The van der Waals surface area contributed by atoms with Crippen LogP contribution >= 0.6 is 23.4 Å². The highest BCUT2D eigenvalue weighted by molar-refractivity contribution is 8.01. The van der Waals surface area contributed by atoms with Gasteiger partial charge < -0.3 is 15.3 Å². The van der Waals surface area contributed by atoms with E-state index in [9.17, 15) is 19.5 Å². The summed E-state index contributed by atoms with van der Waals surface area (Å²) in [5, 5.41) is 10.8. The summed E-state index contributed by atoms with van der Waals surface area (Å²) in [7, 11) is 0. The van der Waals surface area contributed by atoms with Crippen LogP contribution in [0.3, 0.4) is 0 Å². The van der Waals surface area contributed by atoms with Gasteiger partial charge in [0.25, 0.3) is 5.91 Å². The lowest BCUT2D eigenvalue weighted by molar-refractivity contribution is -0.145. The average molecular weight is 367 g/mol. The van der Waals surface area contributed by atoms with E-state index < -0.39 is 22.6 Å². The molecule has 6 nitrogen and oxygen atoms in total. The Bertz CT molecular complexity index is 709. The summed E-state index contributed by atoms with van der Waals surface area (Å²) in [5.41, 5.74) is 1.33. The molecule has 2 heterocycles. The van der Waals surface area contributed by atoms with Gasteiger partial charge in [-0.15, -0.1) is 23.4 Å². The van der Waals surface area contributed by atoms with Gasteiger partial charge in [0.1, 0.15) is 16.7 Å². The maximum atomic E-state index is 12.2. The lowest BCUT2D eigenvalue weighted by Crippen LogP contribution is -2.69. The summed E-state index contributed by atoms with van der Waals surface area (Å²) in [4.78, 5) is 37.1. The van der Waals surface area contributed by atoms with Crippen molar-refractivity contribution in [3.63, 3.8) is 0 Å². The second kappa shape index (κ2) is 6.86. The van der Waals surface area contributed by atoms with E-state index in [1.807, 2.05) is 30.3 Å². The summed E-state index contributed by atoms with van der Waals surface area (Å²) in [6.07, 6.45) is 1.67. The molecule has 8 heteroatoms. The maximum Gasteiger partial charge on any atom is 0.321 e. The van der Waals surface area contributed by atoms with Crippen molar-refractivity contribution < 1.29 is 19.5 Å². The SMILES string of the molecule is O=C(Cc1ccccc1)NC1C(=O)N2C=C(CCl)C(C(=O)O)S[C@H]12. The zero-order chi connectivity index (χ0) is 17.3. The van der Waals surface area contributed by atoms with E-state index in [4.69, 9.17) is 11.6 Å². The van der Waals surface area contributed by atoms with Crippen molar-refractivity contribution in [3.8, 4) is 0 Å². The Morgan fingerprint density at radius 1 is 1.29 bits per heavy atom. The molecular formula is C16H15ClN2O4S. The first kappa shape index (κ1) is 16.9. The predicted molar refractivity (Wildman–Crippen MR) is 90.5 cm³/mol. The summed E-state index contributed by atoms with van der Waals surface area (Å²) in [6.45, 7) is 0. The van der Waals surface area contributed by atoms with Crippen molar-refractivity contribution in [2.24, 2.45) is 0 Å². The molecule has 1 fully saturated rings. The normalized spacial score (nSPS) is 25.4. The van der Waals surface area contributed by atoms with Crippen molar-refractivity contribution >= 4 is 41.1 Å². The Balaban J connectivity index is 1.67. The first-order chi connectivity index (χ1) is 11.5. The lowest BCUT2D eigenvalue weighted by Gasteiger charge is -2.48. The van der Waals surface area contributed by atoms with Gasteiger partial charge >= 0.3 is 5.97 Å². The first-order valence-corrected chi connectivity index (χ1v) is 8.79. The molecule has 24 heavy (non-hydrogen) atoms. The standard InChI is InChI=1S/C16H15ClN2O4S/c17-7-10-8-19-14(21)12(15(19)24-13(10)16(22)23)18-11(20)6-9-4-2-1-3-5-9/h1-5,8,12-13,15H,6-7H2,(H,18,20)(H,22,23)/t12?,13?,15-/m1/s1. The monoisotopic (exact) mass is 366 g/mol. The van der Waals surface area contributed by atoms with Crippen LogP contribution in [-0.4, -0.2) is 50.3 Å². The Hall–Kier alpha value is -1.99. The number of carboxylic acids is 1. The fourth-order valence-electron chi connectivity index (χ4n) is 2.70. The quantitative estimate of drug-likeness (QED) is 0.604. The third kappa shape index (κ3) is 3.14. The van der Waals surface area contributed by atoms with Crippen LogP contribution in [0.25, 0.3) is 0 Å². The van der Waals surface area contributed by atoms with Gasteiger partial charge in [-0.05, 0) is 11.1 Å². The number of nitrogens with one attached hydrogen (secondary N) is 1. The van der Waals surface area contributed by atoms with E-state index in [1.165, 1.54) is 11.1 Å². The number of β-lactam (4-membered cyclic amide) rings is 1. The van der Waals surface area contributed by atoms with Gasteiger partial charge in [-0.3, -0.25) is 14.4 Å². The highest BCUT2D eigenvalue weighted by atomic mass is 35.5. The molecule has 0 bridgehead atoms. The van der Waals surface area contributed by atoms with Crippen LogP contribution in [0.1, 0.15) is 5.56 Å². The molecule has 2 unspecified atom stereocenters. The number of hydrogen-bond acceptors (Lipinski definition) is 4. The van der Waals surface area contributed by atoms with Crippen LogP contribution in [0, 0.1) is 0 Å². The summed E-state index contributed by atoms with van der Waals surface area (Å²) in [5.74, 6) is -1.47. The Labute approximate surface area is 147 Å². The van der Waals surface area contributed by atoms with Crippen LogP contribution in [0.4, 0.5) is 0 Å². The molecule has 2 N–H and O–H groups in total. The maximum absolute atomic E-state index is 12.2. The van der Waals surface area contributed by atoms with Gasteiger partial charge in [0.15, 0.2) is 0 Å². The van der Waals surface area contributed by atoms with Crippen LogP contribution in [0.5, 0.6) is 0 Å². The largest absolute Gasteiger partial charge is 0.480 e. The molecule has 0 spiro atoms. The van der Waals surface area contributed by atoms with Crippen molar-refractivity contribution in [2.45, 2.75) is 23.1 Å². The van der Waals surface area contributed by atoms with Gasteiger partial charge in [0.05, 0.1) is 6.42 Å². The van der Waals surface area contributed by atoms with E-state index in [0.29, 0.717) is 5.57 Å². The van der Waals surface area contributed by atoms with E-state index in [1.54, 1.807) is 0 Å². The molecule has 2 aliphatic rings. The predicted octanol–water partition coefficient (Wildman–Crippen LogP) is 1.20. The van der Waals surface area contributed by atoms with Gasteiger partial charge in [-0.2, -0.15) is 0 Å². The summed E-state index contributed by atoms with van der Waals surface area (Å²) in [6, 6.07) is 8.50. The minimum absolute atomic E-state index is 0.0471.